The molecule has 4 N–H and O–H groups in total. The zero-order valence-corrected chi connectivity index (χ0v) is 27.2. The first-order valence-corrected chi connectivity index (χ1v) is 16.7. The van der Waals surface area contributed by atoms with E-state index in [4.69, 9.17) is 34.9 Å². The van der Waals surface area contributed by atoms with Gasteiger partial charge in [0.2, 0.25) is 5.95 Å². The number of rotatable bonds is 10. The van der Waals surface area contributed by atoms with Gasteiger partial charge >= 0.3 is 0 Å². The number of nitrogens with zero attached hydrogens (tertiary/aromatic N) is 5. The van der Waals surface area contributed by atoms with Gasteiger partial charge in [0.1, 0.15) is 18.5 Å². The van der Waals surface area contributed by atoms with Gasteiger partial charge in [-0.3, -0.25) is 4.79 Å². The third-order valence-corrected chi connectivity index (χ3v) is 9.38. The standard InChI is InChI=1S/C35H44N8O4/c1-4-42(33(44)30-29-27(20-45-30)46-35(2,3)47-29)43-21-38-28-31(40-34(41-32(28)43)39-25-17-15-24(36)16-18-25)37-19-26(22-11-7-5-8-12-22)23-13-9-6-10-14-23/h5-14,21,24-27,29-30H,4,15-20,36H2,1-3H3,(H2,37,39,40,41)/t24?,25?,27-,29-,30-/m0/s1. The predicted octanol–water partition coefficient (Wildman–Crippen LogP) is 4.16. The number of imidazole rings is 1. The maximum atomic E-state index is 14.0. The van der Waals surface area contributed by atoms with Gasteiger partial charge in [0.15, 0.2) is 28.9 Å². The molecule has 3 fully saturated rings. The molecule has 0 radical (unpaired) electrons. The van der Waals surface area contributed by atoms with Crippen LogP contribution in [0.5, 0.6) is 0 Å². The van der Waals surface area contributed by atoms with Crippen LogP contribution in [-0.4, -0.2) is 81.4 Å². The zero-order chi connectivity index (χ0) is 32.5. The van der Waals surface area contributed by atoms with E-state index in [9.17, 15) is 4.79 Å². The lowest BCUT2D eigenvalue weighted by atomic mass is 9.91. The molecule has 12 nitrogen and oxygen atoms in total. The van der Waals surface area contributed by atoms with Crippen molar-refractivity contribution in [2.24, 2.45) is 5.73 Å². The Morgan fingerprint density at radius 1 is 1.02 bits per heavy atom. The average Bonchev–Trinajstić information content (AvgIpc) is 3.75. The Bertz CT molecular complexity index is 1640. The second-order valence-electron chi connectivity index (χ2n) is 13.1. The van der Waals surface area contributed by atoms with Crippen LogP contribution < -0.4 is 21.4 Å². The average molecular weight is 641 g/mol. The van der Waals surface area contributed by atoms with Gasteiger partial charge in [-0.2, -0.15) is 9.97 Å². The zero-order valence-electron chi connectivity index (χ0n) is 27.2. The first-order valence-electron chi connectivity index (χ1n) is 16.7. The van der Waals surface area contributed by atoms with Crippen LogP contribution >= 0.6 is 0 Å². The van der Waals surface area contributed by atoms with Crippen LogP contribution in [0.2, 0.25) is 0 Å². The number of benzene rings is 2. The number of aromatic nitrogens is 4. The summed E-state index contributed by atoms with van der Waals surface area (Å²) in [5, 5.41) is 8.78. The van der Waals surface area contributed by atoms with Gasteiger partial charge in [0.05, 0.1) is 6.61 Å². The van der Waals surface area contributed by atoms with Crippen molar-refractivity contribution in [2.75, 3.05) is 35.3 Å². The maximum Gasteiger partial charge on any atom is 0.273 e. The maximum absolute atomic E-state index is 14.0. The van der Waals surface area contributed by atoms with E-state index < -0.39 is 18.0 Å². The number of carbonyl (C=O) groups excluding carboxylic acids is 1. The molecule has 3 aliphatic rings. The van der Waals surface area contributed by atoms with Gasteiger partial charge in [0, 0.05) is 31.1 Å². The summed E-state index contributed by atoms with van der Waals surface area (Å²) < 4.78 is 19.7. The highest BCUT2D eigenvalue weighted by molar-refractivity contribution is 5.93. The summed E-state index contributed by atoms with van der Waals surface area (Å²) in [5.74, 6) is 0.131. The fourth-order valence-corrected chi connectivity index (χ4v) is 7.01. The Balaban J connectivity index is 1.22. The molecular formula is C35H44N8O4. The van der Waals surface area contributed by atoms with E-state index in [0.717, 1.165) is 25.7 Å². The van der Waals surface area contributed by atoms with Crippen molar-refractivity contribution in [3.63, 3.8) is 0 Å². The lowest BCUT2D eigenvalue weighted by molar-refractivity contribution is -0.177. The Hall–Kier alpha value is -4.10. The van der Waals surface area contributed by atoms with Crippen LogP contribution in [0.1, 0.15) is 63.5 Å². The Kier molecular flexibility index (Phi) is 8.84. The van der Waals surface area contributed by atoms with E-state index >= 15 is 0 Å². The number of fused-ring (bicyclic) bond motifs is 2. The molecule has 7 rings (SSSR count). The molecule has 0 spiro atoms. The van der Waals surface area contributed by atoms with Crippen LogP contribution in [0, 0.1) is 0 Å². The molecular weight excluding hydrogens is 596 g/mol. The number of likely N-dealkylation sites (N-methyl/N-ethyl adjacent to an activating group) is 1. The number of nitrogens with one attached hydrogen (secondary N) is 2. The van der Waals surface area contributed by atoms with Crippen LogP contribution in [0.4, 0.5) is 11.8 Å². The first kappa shape index (κ1) is 31.5. The minimum absolute atomic E-state index is 0.0693. The number of nitrogens with two attached hydrogens (primary N) is 1. The quantitative estimate of drug-likeness (QED) is 0.231. The highest BCUT2D eigenvalue weighted by Crippen LogP contribution is 2.36. The topological polar surface area (TPSA) is 142 Å². The van der Waals surface area contributed by atoms with E-state index in [1.54, 1.807) is 16.0 Å². The number of amides is 1. The molecule has 1 aliphatic carbocycles. The molecule has 2 aliphatic heterocycles. The van der Waals surface area contributed by atoms with Gasteiger partial charge in [-0.05, 0) is 57.6 Å². The lowest BCUT2D eigenvalue weighted by Gasteiger charge is -2.28. The van der Waals surface area contributed by atoms with Crippen LogP contribution in [0.25, 0.3) is 11.2 Å². The normalized spacial score (nSPS) is 25.2. The van der Waals surface area contributed by atoms with E-state index in [0.29, 0.717) is 42.6 Å². The summed E-state index contributed by atoms with van der Waals surface area (Å²) in [6.45, 7) is 6.87. The summed E-state index contributed by atoms with van der Waals surface area (Å²) in [4.78, 5) is 28.7. The molecule has 0 bridgehead atoms. The smallest absolute Gasteiger partial charge is 0.273 e. The van der Waals surface area contributed by atoms with E-state index in [-0.39, 0.29) is 30.0 Å². The van der Waals surface area contributed by atoms with E-state index in [1.807, 2.05) is 32.9 Å². The van der Waals surface area contributed by atoms with Crippen LogP contribution in [0.3, 0.4) is 0 Å². The van der Waals surface area contributed by atoms with Crippen molar-refractivity contribution in [1.29, 1.82) is 0 Å². The summed E-state index contributed by atoms with van der Waals surface area (Å²) in [5.41, 5.74) is 9.66. The fourth-order valence-electron chi connectivity index (χ4n) is 7.01. The van der Waals surface area contributed by atoms with Crippen molar-refractivity contribution in [1.82, 2.24) is 19.6 Å². The largest absolute Gasteiger partial charge is 0.367 e. The summed E-state index contributed by atoms with van der Waals surface area (Å²) >= 11 is 0. The number of hydrogen-bond acceptors (Lipinski definition) is 10. The number of carbonyl (C=O) groups is 1. The van der Waals surface area contributed by atoms with Crippen molar-refractivity contribution in [3.8, 4) is 0 Å². The Labute approximate surface area is 275 Å². The van der Waals surface area contributed by atoms with Gasteiger partial charge in [-0.15, -0.1) is 0 Å². The molecule has 4 heterocycles. The van der Waals surface area contributed by atoms with Crippen molar-refractivity contribution >= 4 is 28.8 Å². The van der Waals surface area contributed by atoms with Crippen molar-refractivity contribution in [2.45, 2.75) is 88.6 Å². The van der Waals surface area contributed by atoms with Gasteiger partial charge in [-0.25, -0.2) is 14.7 Å². The Morgan fingerprint density at radius 2 is 1.70 bits per heavy atom. The van der Waals surface area contributed by atoms with E-state index in [1.165, 1.54) is 11.1 Å². The highest BCUT2D eigenvalue weighted by atomic mass is 16.8. The monoisotopic (exact) mass is 640 g/mol. The molecule has 1 saturated carbocycles. The summed E-state index contributed by atoms with van der Waals surface area (Å²) in [6.07, 6.45) is 3.81. The second-order valence-corrected chi connectivity index (χ2v) is 13.1. The lowest BCUT2D eigenvalue weighted by Crippen LogP contribution is -2.50. The van der Waals surface area contributed by atoms with Crippen LogP contribution in [0.15, 0.2) is 67.0 Å². The number of hydrogen-bond donors (Lipinski definition) is 3. The molecule has 47 heavy (non-hydrogen) atoms. The Morgan fingerprint density at radius 3 is 2.36 bits per heavy atom. The molecule has 2 aromatic heterocycles. The molecule has 0 unspecified atom stereocenters. The summed E-state index contributed by atoms with van der Waals surface area (Å²) in [7, 11) is 0. The molecule has 4 aromatic rings. The molecule has 3 atom stereocenters. The SMILES string of the molecule is CCN(C(=O)[C@H]1OC[C@@H]2OC(C)(C)O[C@@H]21)n1cnc2c(NCC(c3ccccc3)c3ccccc3)nc(NC3CCC(N)CC3)nc21. The van der Waals surface area contributed by atoms with Gasteiger partial charge < -0.3 is 30.6 Å². The predicted molar refractivity (Wildman–Crippen MR) is 180 cm³/mol. The molecule has 2 saturated heterocycles. The molecule has 1 amide bonds. The first-order chi connectivity index (χ1) is 22.8. The van der Waals surface area contributed by atoms with Gasteiger partial charge in [0.25, 0.3) is 5.91 Å². The van der Waals surface area contributed by atoms with Gasteiger partial charge in [-0.1, -0.05) is 60.7 Å². The minimum atomic E-state index is -0.805. The molecule has 2 aromatic carbocycles. The fraction of sp³-hybridized carbons (Fsp3) is 0.486. The molecule has 12 heteroatoms. The highest BCUT2D eigenvalue weighted by Gasteiger charge is 2.53. The third-order valence-electron chi connectivity index (χ3n) is 9.38. The van der Waals surface area contributed by atoms with Crippen molar-refractivity contribution < 1.29 is 19.0 Å². The summed E-state index contributed by atoms with van der Waals surface area (Å²) in [6, 6.07) is 21.3. The third kappa shape index (κ3) is 6.55. The number of anilines is 2. The van der Waals surface area contributed by atoms with Crippen molar-refractivity contribution in [3.05, 3.63) is 78.1 Å². The molecule has 248 valence electrons. The minimum Gasteiger partial charge on any atom is -0.367 e. The number of ether oxygens (including phenoxy) is 3. The van der Waals surface area contributed by atoms with E-state index in [2.05, 4.69) is 59.2 Å². The van der Waals surface area contributed by atoms with Crippen LogP contribution in [-0.2, 0) is 19.0 Å². The second kappa shape index (κ2) is 13.2.